The number of amidine groups is 1. The van der Waals surface area contributed by atoms with Gasteiger partial charge in [-0.3, -0.25) is 15.0 Å². The summed E-state index contributed by atoms with van der Waals surface area (Å²) < 4.78 is 0. The molecule has 0 bridgehead atoms. The second-order valence-electron chi connectivity index (χ2n) is 5.21. The van der Waals surface area contributed by atoms with Gasteiger partial charge in [-0.15, -0.1) is 0 Å². The van der Waals surface area contributed by atoms with E-state index in [0.717, 1.165) is 28.5 Å². The van der Waals surface area contributed by atoms with Gasteiger partial charge >= 0.3 is 0 Å². The van der Waals surface area contributed by atoms with Gasteiger partial charge in [0, 0.05) is 29.8 Å². The van der Waals surface area contributed by atoms with Gasteiger partial charge in [-0.05, 0) is 24.3 Å². The fourth-order valence-electron chi connectivity index (χ4n) is 2.45. The molecule has 7 heteroatoms. The summed E-state index contributed by atoms with van der Waals surface area (Å²) in [6, 6.07) is 9.59. The molecule has 0 unspecified atom stereocenters. The molecule has 1 aliphatic rings. The minimum atomic E-state index is 0.575. The van der Waals surface area contributed by atoms with E-state index >= 15 is 0 Å². The summed E-state index contributed by atoms with van der Waals surface area (Å²) >= 11 is 6.36. The van der Waals surface area contributed by atoms with Crippen LogP contribution in [-0.2, 0) is 6.54 Å². The number of aromatic nitrogens is 3. The quantitative estimate of drug-likeness (QED) is 0.763. The van der Waals surface area contributed by atoms with Crippen molar-refractivity contribution in [3.8, 4) is 0 Å². The monoisotopic (exact) mass is 336 g/mol. The van der Waals surface area contributed by atoms with Crippen molar-refractivity contribution < 1.29 is 0 Å². The van der Waals surface area contributed by atoms with E-state index in [1.165, 1.54) is 0 Å². The van der Waals surface area contributed by atoms with E-state index in [-0.39, 0.29) is 0 Å². The van der Waals surface area contributed by atoms with Crippen LogP contribution in [0.4, 0.5) is 17.2 Å². The van der Waals surface area contributed by atoms with E-state index in [0.29, 0.717) is 17.4 Å². The van der Waals surface area contributed by atoms with Crippen molar-refractivity contribution in [3.63, 3.8) is 0 Å². The highest BCUT2D eigenvalue weighted by Crippen LogP contribution is 2.28. The van der Waals surface area contributed by atoms with Crippen molar-refractivity contribution in [1.82, 2.24) is 15.0 Å². The summed E-state index contributed by atoms with van der Waals surface area (Å²) in [5.74, 6) is 1.40. The molecule has 2 N–H and O–H groups in total. The molecule has 1 aliphatic heterocycles. The zero-order valence-corrected chi connectivity index (χ0v) is 13.3. The molecule has 0 atom stereocenters. The molecule has 0 amide bonds. The number of rotatable bonds is 3. The molecule has 24 heavy (non-hydrogen) atoms. The molecule has 0 aliphatic carbocycles. The number of fused-ring (bicyclic) bond motifs is 1. The first kappa shape index (κ1) is 14.6. The largest absolute Gasteiger partial charge is 0.339 e. The van der Waals surface area contributed by atoms with Crippen molar-refractivity contribution in [2.75, 3.05) is 10.6 Å². The summed E-state index contributed by atoms with van der Waals surface area (Å²) in [6.45, 7) is 0.644. The van der Waals surface area contributed by atoms with Crippen molar-refractivity contribution in [2.24, 2.45) is 4.99 Å². The van der Waals surface area contributed by atoms with Crippen LogP contribution in [0.2, 0.25) is 5.02 Å². The van der Waals surface area contributed by atoms with Crippen molar-refractivity contribution in [2.45, 2.75) is 6.54 Å². The van der Waals surface area contributed by atoms with Crippen LogP contribution in [0.5, 0.6) is 0 Å². The van der Waals surface area contributed by atoms with Crippen LogP contribution >= 0.6 is 11.6 Å². The van der Waals surface area contributed by atoms with E-state index in [9.17, 15) is 0 Å². The molecule has 0 saturated heterocycles. The second-order valence-corrected chi connectivity index (χ2v) is 5.62. The maximum atomic E-state index is 6.36. The maximum absolute atomic E-state index is 6.36. The topological polar surface area (TPSA) is 75.1 Å². The van der Waals surface area contributed by atoms with Gasteiger partial charge in [-0.1, -0.05) is 17.7 Å². The normalized spacial score (nSPS) is 12.5. The number of anilines is 3. The van der Waals surface area contributed by atoms with Crippen LogP contribution in [-0.4, -0.2) is 20.8 Å². The second kappa shape index (κ2) is 6.25. The SMILES string of the molecule is Clc1cc(NC2=NCc3cccnc32)ccc1Nc1cnccn1. The fraction of sp³-hybridized carbons (Fsp3) is 0.0588. The smallest absolute Gasteiger partial charge is 0.152 e. The van der Waals surface area contributed by atoms with Crippen LogP contribution in [0.3, 0.4) is 0 Å². The molecule has 4 rings (SSSR count). The average molecular weight is 337 g/mol. The highest BCUT2D eigenvalue weighted by molar-refractivity contribution is 6.33. The van der Waals surface area contributed by atoms with Crippen LogP contribution in [0, 0.1) is 0 Å². The molecular weight excluding hydrogens is 324 g/mol. The van der Waals surface area contributed by atoms with Gasteiger partial charge in [-0.25, -0.2) is 4.98 Å². The number of aliphatic imine (C=N–C) groups is 1. The Labute approximate surface area is 143 Å². The fourth-order valence-corrected chi connectivity index (χ4v) is 2.68. The summed E-state index contributed by atoms with van der Waals surface area (Å²) in [6.07, 6.45) is 6.64. The minimum Gasteiger partial charge on any atom is -0.339 e. The molecule has 2 aromatic heterocycles. The van der Waals surface area contributed by atoms with Crippen LogP contribution < -0.4 is 10.6 Å². The van der Waals surface area contributed by atoms with E-state index in [1.807, 2.05) is 30.3 Å². The van der Waals surface area contributed by atoms with Gasteiger partial charge in [0.25, 0.3) is 0 Å². The van der Waals surface area contributed by atoms with Crippen LogP contribution in [0.1, 0.15) is 11.3 Å². The third-order valence-electron chi connectivity index (χ3n) is 3.58. The lowest BCUT2D eigenvalue weighted by molar-refractivity contribution is 1.09. The molecule has 6 nitrogen and oxygen atoms in total. The molecule has 0 radical (unpaired) electrons. The number of nitrogens with zero attached hydrogens (tertiary/aromatic N) is 4. The lowest BCUT2D eigenvalue weighted by Gasteiger charge is -2.11. The Kier molecular flexibility index (Phi) is 3.80. The molecule has 3 heterocycles. The molecular formula is C17H13ClN6. The first-order chi connectivity index (χ1) is 11.8. The summed E-state index contributed by atoms with van der Waals surface area (Å²) in [4.78, 5) is 17.0. The predicted molar refractivity (Wildman–Crippen MR) is 94.9 cm³/mol. The zero-order chi connectivity index (χ0) is 16.4. The number of hydrogen-bond acceptors (Lipinski definition) is 6. The van der Waals surface area contributed by atoms with Gasteiger partial charge in [0.15, 0.2) is 5.84 Å². The van der Waals surface area contributed by atoms with Gasteiger partial charge in [0.2, 0.25) is 0 Å². The molecule has 3 aromatic rings. The van der Waals surface area contributed by atoms with E-state index in [4.69, 9.17) is 11.6 Å². The number of nitrogens with one attached hydrogen (secondary N) is 2. The number of hydrogen-bond donors (Lipinski definition) is 2. The highest BCUT2D eigenvalue weighted by atomic mass is 35.5. The summed E-state index contributed by atoms with van der Waals surface area (Å²) in [7, 11) is 0. The Bertz CT molecular complexity index is 910. The van der Waals surface area contributed by atoms with Gasteiger partial charge in [0.05, 0.1) is 23.5 Å². The lowest BCUT2D eigenvalue weighted by atomic mass is 10.2. The first-order valence-electron chi connectivity index (χ1n) is 7.38. The molecule has 118 valence electrons. The van der Waals surface area contributed by atoms with Crippen molar-refractivity contribution in [1.29, 1.82) is 0 Å². The Morgan fingerprint density at radius 2 is 1.96 bits per heavy atom. The molecule has 1 aromatic carbocycles. The van der Waals surface area contributed by atoms with E-state index in [1.54, 1.807) is 24.8 Å². The Balaban J connectivity index is 1.53. The Morgan fingerprint density at radius 3 is 2.79 bits per heavy atom. The average Bonchev–Trinajstić information content (AvgIpc) is 3.01. The lowest BCUT2D eigenvalue weighted by Crippen LogP contribution is -2.13. The van der Waals surface area contributed by atoms with Crippen LogP contribution in [0.25, 0.3) is 0 Å². The van der Waals surface area contributed by atoms with Crippen molar-refractivity contribution in [3.05, 3.63) is 71.4 Å². The van der Waals surface area contributed by atoms with E-state index < -0.39 is 0 Å². The van der Waals surface area contributed by atoms with Gasteiger partial charge in [0.1, 0.15) is 11.5 Å². The van der Waals surface area contributed by atoms with Gasteiger partial charge in [-0.2, -0.15) is 0 Å². The molecule has 0 saturated carbocycles. The summed E-state index contributed by atoms with van der Waals surface area (Å²) in [5.41, 5.74) is 3.61. The van der Waals surface area contributed by atoms with Crippen LogP contribution in [0.15, 0.2) is 60.1 Å². The number of halogens is 1. The Hall–Kier alpha value is -2.99. The Morgan fingerprint density at radius 1 is 1.00 bits per heavy atom. The standard InChI is InChI=1S/C17H13ClN6/c18-13-8-12(3-4-14(13)24-15-10-19-6-7-20-15)23-17-16-11(9-22-17)2-1-5-21-16/h1-8,10H,9H2,(H,20,24)(H,22,23). The molecule has 0 fully saturated rings. The predicted octanol–water partition coefficient (Wildman–Crippen LogP) is 3.64. The number of benzene rings is 1. The molecule has 0 spiro atoms. The highest BCUT2D eigenvalue weighted by Gasteiger charge is 2.17. The third kappa shape index (κ3) is 2.91. The van der Waals surface area contributed by atoms with E-state index in [2.05, 4.69) is 30.6 Å². The maximum Gasteiger partial charge on any atom is 0.152 e. The third-order valence-corrected chi connectivity index (χ3v) is 3.89. The summed E-state index contributed by atoms with van der Waals surface area (Å²) in [5, 5.41) is 6.98. The van der Waals surface area contributed by atoms with Gasteiger partial charge < -0.3 is 10.6 Å². The first-order valence-corrected chi connectivity index (χ1v) is 7.76. The zero-order valence-electron chi connectivity index (χ0n) is 12.6. The minimum absolute atomic E-state index is 0.575. The van der Waals surface area contributed by atoms with Crippen molar-refractivity contribution >= 4 is 34.6 Å². The number of pyridine rings is 1.